The number of nitrogens with zero attached hydrogens (tertiary/aromatic N) is 1. The van der Waals surface area contributed by atoms with Crippen molar-refractivity contribution in [3.63, 3.8) is 0 Å². The number of rotatable bonds is 5. The topological polar surface area (TPSA) is 31.4 Å². The molecule has 0 amide bonds. The van der Waals surface area contributed by atoms with Gasteiger partial charge in [-0.25, -0.2) is 4.98 Å². The van der Waals surface area contributed by atoms with Gasteiger partial charge in [0.2, 0.25) is 5.88 Å². The van der Waals surface area contributed by atoms with Gasteiger partial charge in [-0.05, 0) is 47.1 Å². The number of hydrogen-bond acceptors (Lipinski definition) is 4. The number of pyridine rings is 1. The summed E-state index contributed by atoms with van der Waals surface area (Å²) in [6.45, 7) is 6.59. The number of thioether (sulfide) groups is 1. The molecule has 0 aliphatic rings. The third-order valence-electron chi connectivity index (χ3n) is 3.79. The predicted octanol–water partition coefficient (Wildman–Crippen LogP) is 4.93. The zero-order valence-electron chi connectivity index (χ0n) is 14.8. The molecule has 4 heteroatoms. The molecule has 0 aliphatic carbocycles. The molecule has 0 saturated heterocycles. The molecule has 1 heterocycles. The van der Waals surface area contributed by atoms with E-state index in [1.54, 1.807) is 32.2 Å². The summed E-state index contributed by atoms with van der Waals surface area (Å²) >= 11 is 1.79. The fourth-order valence-corrected chi connectivity index (χ4v) is 3.21. The first kappa shape index (κ1) is 17.7. The van der Waals surface area contributed by atoms with Crippen LogP contribution in [0.15, 0.2) is 30.5 Å². The highest BCUT2D eigenvalue weighted by atomic mass is 32.2. The average Bonchev–Trinajstić information content (AvgIpc) is 2.53. The van der Waals surface area contributed by atoms with Crippen LogP contribution in [0.4, 0.5) is 0 Å². The maximum atomic E-state index is 5.65. The summed E-state index contributed by atoms with van der Waals surface area (Å²) in [5, 5.41) is 0. The minimum atomic E-state index is -0.00652. The highest BCUT2D eigenvalue weighted by Gasteiger charge is 2.22. The van der Waals surface area contributed by atoms with Crippen molar-refractivity contribution in [2.24, 2.45) is 0 Å². The van der Waals surface area contributed by atoms with E-state index in [1.807, 2.05) is 6.07 Å². The van der Waals surface area contributed by atoms with Crippen LogP contribution in [-0.2, 0) is 11.2 Å². The summed E-state index contributed by atoms with van der Waals surface area (Å²) in [7, 11) is 3.39. The largest absolute Gasteiger partial charge is 0.496 e. The molecule has 1 aromatic carbocycles. The summed E-state index contributed by atoms with van der Waals surface area (Å²) in [6.07, 6.45) is 3.86. The lowest BCUT2D eigenvalue weighted by molar-refractivity contribution is 0.396. The van der Waals surface area contributed by atoms with E-state index in [-0.39, 0.29) is 5.41 Å². The Morgan fingerprint density at radius 2 is 1.83 bits per heavy atom. The quantitative estimate of drug-likeness (QED) is 0.777. The summed E-state index contributed by atoms with van der Waals surface area (Å²) in [5.41, 5.74) is 4.59. The summed E-state index contributed by atoms with van der Waals surface area (Å²) in [4.78, 5) is 4.35. The second kappa shape index (κ2) is 7.26. The molecule has 2 rings (SSSR count). The van der Waals surface area contributed by atoms with Gasteiger partial charge in [0, 0.05) is 23.1 Å². The maximum absolute atomic E-state index is 5.65. The van der Waals surface area contributed by atoms with Gasteiger partial charge in [-0.1, -0.05) is 20.8 Å². The van der Waals surface area contributed by atoms with E-state index in [1.165, 1.54) is 11.1 Å². The molecule has 23 heavy (non-hydrogen) atoms. The molecule has 0 fully saturated rings. The lowest BCUT2D eigenvalue weighted by atomic mass is 9.83. The number of ether oxygens (including phenoxy) is 2. The Labute approximate surface area is 143 Å². The third kappa shape index (κ3) is 3.81. The number of aromatic nitrogens is 1. The van der Waals surface area contributed by atoms with Crippen molar-refractivity contribution in [2.45, 2.75) is 31.9 Å². The average molecular weight is 331 g/mol. The van der Waals surface area contributed by atoms with Crippen LogP contribution in [0.25, 0.3) is 11.1 Å². The van der Waals surface area contributed by atoms with Crippen molar-refractivity contribution in [1.82, 2.24) is 4.98 Å². The van der Waals surface area contributed by atoms with Gasteiger partial charge >= 0.3 is 0 Å². The zero-order chi connectivity index (χ0) is 17.0. The minimum absolute atomic E-state index is 0.00652. The SMILES string of the molecule is COc1cc(CSC)c(-c2cccnc2OC)cc1C(C)(C)C. The Morgan fingerprint density at radius 1 is 1.09 bits per heavy atom. The predicted molar refractivity (Wildman–Crippen MR) is 98.7 cm³/mol. The van der Waals surface area contributed by atoms with Gasteiger partial charge in [-0.2, -0.15) is 11.8 Å². The second-order valence-corrected chi connectivity index (χ2v) is 7.32. The molecule has 124 valence electrons. The van der Waals surface area contributed by atoms with E-state index in [0.29, 0.717) is 5.88 Å². The van der Waals surface area contributed by atoms with Gasteiger partial charge in [-0.15, -0.1) is 0 Å². The van der Waals surface area contributed by atoms with Gasteiger partial charge in [0.1, 0.15) is 5.75 Å². The van der Waals surface area contributed by atoms with E-state index in [9.17, 15) is 0 Å². The number of methoxy groups -OCH3 is 2. The Balaban J connectivity index is 2.74. The van der Waals surface area contributed by atoms with Gasteiger partial charge in [0.25, 0.3) is 0 Å². The normalized spacial score (nSPS) is 11.4. The molecule has 2 aromatic rings. The standard InChI is InChI=1S/C19H25NO2S/c1-19(2,3)16-11-15(13(12-23-6)10-17(16)21-4)14-8-7-9-20-18(14)22-5/h7-11H,12H2,1-6H3. The van der Waals surface area contributed by atoms with Crippen LogP contribution in [-0.4, -0.2) is 25.5 Å². The van der Waals surface area contributed by atoms with E-state index in [4.69, 9.17) is 9.47 Å². The van der Waals surface area contributed by atoms with Crippen molar-refractivity contribution < 1.29 is 9.47 Å². The highest BCUT2D eigenvalue weighted by molar-refractivity contribution is 7.97. The zero-order valence-corrected chi connectivity index (χ0v) is 15.6. The van der Waals surface area contributed by atoms with Crippen LogP contribution in [0.5, 0.6) is 11.6 Å². The summed E-state index contributed by atoms with van der Waals surface area (Å²) in [5.74, 6) is 2.50. The van der Waals surface area contributed by atoms with E-state index in [2.05, 4.69) is 50.2 Å². The minimum Gasteiger partial charge on any atom is -0.496 e. The van der Waals surface area contributed by atoms with Crippen LogP contribution in [0.3, 0.4) is 0 Å². The smallest absolute Gasteiger partial charge is 0.221 e. The Hall–Kier alpha value is -1.68. The van der Waals surface area contributed by atoms with Crippen molar-refractivity contribution in [1.29, 1.82) is 0 Å². The molecule has 0 atom stereocenters. The highest BCUT2D eigenvalue weighted by Crippen LogP contribution is 2.40. The van der Waals surface area contributed by atoms with Gasteiger partial charge in [-0.3, -0.25) is 0 Å². The van der Waals surface area contributed by atoms with Crippen molar-refractivity contribution in [3.8, 4) is 22.8 Å². The molecular weight excluding hydrogens is 306 g/mol. The summed E-state index contributed by atoms with van der Waals surface area (Å²) < 4.78 is 11.1. The Bertz CT molecular complexity index is 678. The molecule has 0 N–H and O–H groups in total. The molecule has 0 unspecified atom stereocenters. The second-order valence-electron chi connectivity index (χ2n) is 6.45. The summed E-state index contributed by atoms with van der Waals surface area (Å²) in [6, 6.07) is 8.38. The lowest BCUT2D eigenvalue weighted by Gasteiger charge is -2.25. The van der Waals surface area contributed by atoms with E-state index < -0.39 is 0 Å². The van der Waals surface area contributed by atoms with Crippen LogP contribution in [0.1, 0.15) is 31.9 Å². The molecule has 3 nitrogen and oxygen atoms in total. The van der Waals surface area contributed by atoms with Gasteiger partial charge in [0.05, 0.1) is 14.2 Å². The van der Waals surface area contributed by atoms with Crippen molar-refractivity contribution in [2.75, 3.05) is 20.5 Å². The maximum Gasteiger partial charge on any atom is 0.221 e. The van der Waals surface area contributed by atoms with Crippen molar-refractivity contribution in [3.05, 3.63) is 41.6 Å². The molecule has 0 spiro atoms. The van der Waals surface area contributed by atoms with Crippen LogP contribution in [0, 0.1) is 0 Å². The third-order valence-corrected chi connectivity index (χ3v) is 4.39. The fourth-order valence-electron chi connectivity index (χ4n) is 2.66. The number of benzene rings is 1. The number of hydrogen-bond donors (Lipinski definition) is 0. The first-order chi connectivity index (χ1) is 10.9. The first-order valence-corrected chi connectivity index (χ1v) is 9.01. The Kier molecular flexibility index (Phi) is 5.58. The van der Waals surface area contributed by atoms with Crippen LogP contribution >= 0.6 is 11.8 Å². The molecule has 1 aromatic heterocycles. The van der Waals surface area contributed by atoms with Crippen LogP contribution in [0.2, 0.25) is 0 Å². The lowest BCUT2D eigenvalue weighted by Crippen LogP contribution is -2.13. The fraction of sp³-hybridized carbons (Fsp3) is 0.421. The molecule has 0 saturated carbocycles. The van der Waals surface area contributed by atoms with E-state index in [0.717, 1.165) is 22.6 Å². The van der Waals surface area contributed by atoms with Crippen LogP contribution < -0.4 is 9.47 Å². The molecule has 0 radical (unpaired) electrons. The monoisotopic (exact) mass is 331 g/mol. The van der Waals surface area contributed by atoms with Gasteiger partial charge < -0.3 is 9.47 Å². The first-order valence-electron chi connectivity index (χ1n) is 7.62. The Morgan fingerprint density at radius 3 is 2.39 bits per heavy atom. The molecular formula is C19H25NO2S. The molecule has 0 bridgehead atoms. The van der Waals surface area contributed by atoms with Gasteiger partial charge in [0.15, 0.2) is 0 Å². The van der Waals surface area contributed by atoms with E-state index >= 15 is 0 Å². The molecule has 0 aliphatic heterocycles. The van der Waals surface area contributed by atoms with Crippen molar-refractivity contribution >= 4 is 11.8 Å².